The number of nitrogens with two attached hydrogens (primary N) is 1. The summed E-state index contributed by atoms with van der Waals surface area (Å²) in [4.78, 5) is 0. The highest BCUT2D eigenvalue weighted by Gasteiger charge is 2.03. The summed E-state index contributed by atoms with van der Waals surface area (Å²) in [6, 6.07) is 9.83. The Morgan fingerprint density at radius 1 is 1.43 bits per heavy atom. The van der Waals surface area contributed by atoms with Crippen molar-refractivity contribution in [2.24, 2.45) is 0 Å². The van der Waals surface area contributed by atoms with Crippen LogP contribution in [-0.4, -0.2) is 0 Å². The van der Waals surface area contributed by atoms with E-state index in [9.17, 15) is 0 Å². The lowest BCUT2D eigenvalue weighted by Crippen LogP contribution is -1.93. The molecule has 14 heavy (non-hydrogen) atoms. The molecule has 2 heteroatoms. The fraction of sp³-hybridized carbons (Fsp3) is 0.417. The molecule has 1 aromatic rings. The highest BCUT2D eigenvalue weighted by molar-refractivity contribution is 5.41. The number of benzene rings is 1. The van der Waals surface area contributed by atoms with E-state index in [0.717, 1.165) is 11.3 Å². The lowest BCUT2D eigenvalue weighted by Gasteiger charge is -2.07. The standard InChI is InChI=1S/C10H12N2.C2H6/c1-8(5-6-11)9-3-2-4-10(12)7-9;1-2/h2-4,7-8H,5,12H2,1H3;1-2H3. The van der Waals surface area contributed by atoms with Gasteiger partial charge < -0.3 is 5.73 Å². The summed E-state index contributed by atoms with van der Waals surface area (Å²) in [7, 11) is 0. The molecule has 0 aliphatic carbocycles. The Balaban J connectivity index is 0.000000791. The van der Waals surface area contributed by atoms with Crippen molar-refractivity contribution in [1.82, 2.24) is 0 Å². The fourth-order valence-electron chi connectivity index (χ4n) is 1.12. The molecule has 0 radical (unpaired) electrons. The molecule has 0 saturated carbocycles. The highest BCUT2D eigenvalue weighted by atomic mass is 14.5. The third kappa shape index (κ3) is 3.95. The number of hydrogen-bond acceptors (Lipinski definition) is 2. The number of nitriles is 1. The lowest BCUT2D eigenvalue weighted by molar-refractivity contribution is 0.789. The fourth-order valence-corrected chi connectivity index (χ4v) is 1.12. The quantitative estimate of drug-likeness (QED) is 0.727. The number of nitrogen functional groups attached to an aromatic ring is 1. The maximum Gasteiger partial charge on any atom is 0.0628 e. The SMILES string of the molecule is CC.CC(CC#N)c1cccc(N)c1. The van der Waals surface area contributed by atoms with Crippen LogP contribution in [-0.2, 0) is 0 Å². The maximum absolute atomic E-state index is 8.49. The third-order valence-corrected chi connectivity index (χ3v) is 1.88. The van der Waals surface area contributed by atoms with Crippen LogP contribution in [0.5, 0.6) is 0 Å². The third-order valence-electron chi connectivity index (χ3n) is 1.88. The monoisotopic (exact) mass is 190 g/mol. The Hall–Kier alpha value is -1.49. The van der Waals surface area contributed by atoms with Gasteiger partial charge in [0.15, 0.2) is 0 Å². The van der Waals surface area contributed by atoms with Crippen LogP contribution in [0.2, 0.25) is 0 Å². The van der Waals surface area contributed by atoms with Crippen molar-refractivity contribution in [3.8, 4) is 6.07 Å². The molecular weight excluding hydrogens is 172 g/mol. The van der Waals surface area contributed by atoms with E-state index in [0.29, 0.717) is 6.42 Å². The van der Waals surface area contributed by atoms with Crippen molar-refractivity contribution in [3.63, 3.8) is 0 Å². The van der Waals surface area contributed by atoms with Gasteiger partial charge in [0, 0.05) is 12.1 Å². The zero-order valence-corrected chi connectivity index (χ0v) is 9.12. The number of anilines is 1. The molecule has 0 fully saturated rings. The molecule has 0 bridgehead atoms. The normalized spacial score (nSPS) is 10.7. The first-order chi connectivity index (χ1) is 6.74. The first kappa shape index (κ1) is 12.5. The minimum atomic E-state index is 0.276. The largest absolute Gasteiger partial charge is 0.399 e. The molecule has 2 N–H and O–H groups in total. The van der Waals surface area contributed by atoms with Crippen molar-refractivity contribution in [2.75, 3.05) is 5.73 Å². The zero-order valence-electron chi connectivity index (χ0n) is 9.12. The van der Waals surface area contributed by atoms with E-state index >= 15 is 0 Å². The number of rotatable bonds is 2. The van der Waals surface area contributed by atoms with E-state index in [1.165, 1.54) is 0 Å². The van der Waals surface area contributed by atoms with E-state index in [1.807, 2.05) is 45.0 Å². The van der Waals surface area contributed by atoms with Gasteiger partial charge in [0.05, 0.1) is 6.07 Å². The van der Waals surface area contributed by atoms with Gasteiger partial charge in [-0.2, -0.15) is 5.26 Å². The Bertz CT molecular complexity index is 299. The van der Waals surface area contributed by atoms with Gasteiger partial charge >= 0.3 is 0 Å². The Labute approximate surface area is 86.4 Å². The molecule has 0 saturated heterocycles. The maximum atomic E-state index is 8.49. The van der Waals surface area contributed by atoms with Crippen LogP contribution in [0.25, 0.3) is 0 Å². The molecule has 0 aromatic heterocycles. The lowest BCUT2D eigenvalue weighted by atomic mass is 9.98. The molecule has 1 rings (SSSR count). The minimum Gasteiger partial charge on any atom is -0.399 e. The van der Waals surface area contributed by atoms with Crippen LogP contribution < -0.4 is 5.73 Å². The highest BCUT2D eigenvalue weighted by Crippen LogP contribution is 2.19. The second-order valence-corrected chi connectivity index (χ2v) is 2.93. The first-order valence-corrected chi connectivity index (χ1v) is 4.96. The Morgan fingerprint density at radius 3 is 2.57 bits per heavy atom. The topological polar surface area (TPSA) is 49.8 Å². The van der Waals surface area contributed by atoms with Gasteiger partial charge in [0.1, 0.15) is 0 Å². The predicted octanol–water partition coefficient (Wildman–Crippen LogP) is 3.31. The Morgan fingerprint density at radius 2 is 2.07 bits per heavy atom. The van der Waals surface area contributed by atoms with Gasteiger partial charge in [-0.25, -0.2) is 0 Å². The smallest absolute Gasteiger partial charge is 0.0628 e. The summed E-state index contributed by atoms with van der Waals surface area (Å²) in [6.45, 7) is 6.03. The molecule has 0 aliphatic heterocycles. The average Bonchev–Trinajstić information content (AvgIpc) is 2.21. The van der Waals surface area contributed by atoms with Crippen molar-refractivity contribution in [2.45, 2.75) is 33.1 Å². The second kappa shape index (κ2) is 6.97. The van der Waals surface area contributed by atoms with E-state index < -0.39 is 0 Å². The molecule has 1 atom stereocenters. The molecular formula is C12H18N2. The molecule has 0 aliphatic rings. The summed E-state index contributed by atoms with van der Waals surface area (Å²) in [5.41, 5.74) is 7.51. The van der Waals surface area contributed by atoms with Crippen molar-refractivity contribution in [1.29, 1.82) is 5.26 Å². The predicted molar refractivity (Wildman–Crippen MR) is 60.8 cm³/mol. The number of nitrogens with zero attached hydrogens (tertiary/aromatic N) is 1. The molecule has 76 valence electrons. The van der Waals surface area contributed by atoms with Crippen LogP contribution in [0.15, 0.2) is 24.3 Å². The van der Waals surface area contributed by atoms with Gasteiger partial charge in [-0.3, -0.25) is 0 Å². The van der Waals surface area contributed by atoms with Crippen LogP contribution in [0.4, 0.5) is 5.69 Å². The van der Waals surface area contributed by atoms with Crippen LogP contribution in [0.1, 0.15) is 38.7 Å². The summed E-state index contributed by atoms with van der Waals surface area (Å²) in [5, 5.41) is 8.49. The summed E-state index contributed by atoms with van der Waals surface area (Å²) < 4.78 is 0. The van der Waals surface area contributed by atoms with Crippen LogP contribution in [0, 0.1) is 11.3 Å². The van der Waals surface area contributed by atoms with Gasteiger partial charge in [-0.05, 0) is 23.6 Å². The van der Waals surface area contributed by atoms with Crippen molar-refractivity contribution < 1.29 is 0 Å². The summed E-state index contributed by atoms with van der Waals surface area (Å²) >= 11 is 0. The molecule has 0 amide bonds. The second-order valence-electron chi connectivity index (χ2n) is 2.93. The molecule has 0 spiro atoms. The van der Waals surface area contributed by atoms with Gasteiger partial charge in [0.2, 0.25) is 0 Å². The van der Waals surface area contributed by atoms with E-state index in [-0.39, 0.29) is 5.92 Å². The van der Waals surface area contributed by atoms with Crippen molar-refractivity contribution >= 4 is 5.69 Å². The van der Waals surface area contributed by atoms with Gasteiger partial charge in [-0.1, -0.05) is 32.9 Å². The zero-order chi connectivity index (χ0) is 11.0. The average molecular weight is 190 g/mol. The van der Waals surface area contributed by atoms with Gasteiger partial charge in [0.25, 0.3) is 0 Å². The molecule has 2 nitrogen and oxygen atoms in total. The molecule has 1 aromatic carbocycles. The van der Waals surface area contributed by atoms with Crippen molar-refractivity contribution in [3.05, 3.63) is 29.8 Å². The van der Waals surface area contributed by atoms with Gasteiger partial charge in [-0.15, -0.1) is 0 Å². The van der Waals surface area contributed by atoms with E-state index in [1.54, 1.807) is 0 Å². The summed E-state index contributed by atoms with van der Waals surface area (Å²) in [6.07, 6.45) is 0.545. The summed E-state index contributed by atoms with van der Waals surface area (Å²) in [5.74, 6) is 0.276. The van der Waals surface area contributed by atoms with Crippen LogP contribution in [0.3, 0.4) is 0 Å². The minimum absolute atomic E-state index is 0.276. The Kier molecular flexibility index (Phi) is 6.22. The first-order valence-electron chi connectivity index (χ1n) is 4.96. The molecule has 1 unspecified atom stereocenters. The van der Waals surface area contributed by atoms with E-state index in [2.05, 4.69) is 6.07 Å². The molecule has 0 heterocycles. The number of hydrogen-bond donors (Lipinski definition) is 1. The van der Waals surface area contributed by atoms with Crippen LogP contribution >= 0.6 is 0 Å². The van der Waals surface area contributed by atoms with E-state index in [4.69, 9.17) is 11.0 Å².